The second kappa shape index (κ2) is 7.77. The molecule has 0 saturated carbocycles. The molecule has 0 aliphatic carbocycles. The fraction of sp³-hybridized carbons (Fsp3) is 0.294. The molecule has 0 saturated heterocycles. The monoisotopic (exact) mass is 374 g/mol. The van der Waals surface area contributed by atoms with Crippen LogP contribution in [0.15, 0.2) is 33.9 Å². The molecule has 0 bridgehead atoms. The number of hydrogen-bond donors (Lipinski definition) is 4. The molecule has 1 atom stereocenters. The first-order valence-electron chi connectivity index (χ1n) is 8.23. The number of aromatic amines is 2. The average Bonchev–Trinajstić information content (AvgIpc) is 2.64. The minimum absolute atomic E-state index is 0.0185. The topological polar surface area (TPSA) is 142 Å². The summed E-state index contributed by atoms with van der Waals surface area (Å²) in [5.74, 6) is -0.0588. The van der Waals surface area contributed by atoms with Crippen LogP contribution in [0.4, 0.5) is 0 Å². The van der Waals surface area contributed by atoms with Gasteiger partial charge in [0.1, 0.15) is 6.61 Å². The Kier molecular flexibility index (Phi) is 5.25. The fourth-order valence-electron chi connectivity index (χ4n) is 2.59. The molecule has 27 heavy (non-hydrogen) atoms. The lowest BCUT2D eigenvalue weighted by Gasteiger charge is -2.25. The van der Waals surface area contributed by atoms with Crippen LogP contribution >= 0.6 is 0 Å². The maximum absolute atomic E-state index is 12.1. The van der Waals surface area contributed by atoms with E-state index in [1.165, 1.54) is 0 Å². The van der Waals surface area contributed by atoms with Gasteiger partial charge < -0.3 is 14.5 Å². The van der Waals surface area contributed by atoms with Gasteiger partial charge in [-0.1, -0.05) is 12.1 Å². The van der Waals surface area contributed by atoms with Crippen LogP contribution in [0.5, 0.6) is 11.5 Å². The van der Waals surface area contributed by atoms with Crippen molar-refractivity contribution in [3.63, 3.8) is 0 Å². The van der Waals surface area contributed by atoms with Crippen molar-refractivity contribution in [2.75, 3.05) is 6.61 Å². The van der Waals surface area contributed by atoms with Crippen LogP contribution in [-0.2, 0) is 16.0 Å². The third-order valence-corrected chi connectivity index (χ3v) is 3.98. The molecule has 1 aromatic carbocycles. The minimum atomic E-state index is -0.899. The predicted molar refractivity (Wildman–Crippen MR) is 93.4 cm³/mol. The second-order valence-electron chi connectivity index (χ2n) is 5.91. The molecule has 4 N–H and O–H groups in total. The second-order valence-corrected chi connectivity index (χ2v) is 5.91. The Morgan fingerprint density at radius 1 is 1.15 bits per heavy atom. The zero-order valence-corrected chi connectivity index (χ0v) is 14.5. The first-order valence-corrected chi connectivity index (χ1v) is 8.23. The molecule has 142 valence electrons. The molecule has 0 radical (unpaired) electrons. The number of benzene rings is 1. The van der Waals surface area contributed by atoms with Crippen molar-refractivity contribution >= 4 is 11.8 Å². The lowest BCUT2D eigenvalue weighted by Crippen LogP contribution is -2.50. The van der Waals surface area contributed by atoms with Gasteiger partial charge in [0, 0.05) is 17.7 Å². The molecule has 1 unspecified atom stereocenters. The minimum Gasteiger partial charge on any atom is -0.485 e. The van der Waals surface area contributed by atoms with Gasteiger partial charge in [0.05, 0.1) is 0 Å². The van der Waals surface area contributed by atoms with Gasteiger partial charge in [-0.3, -0.25) is 30.2 Å². The van der Waals surface area contributed by atoms with Crippen molar-refractivity contribution in [3.8, 4) is 11.5 Å². The van der Waals surface area contributed by atoms with Crippen molar-refractivity contribution in [2.45, 2.75) is 25.9 Å². The number of amides is 2. The average molecular weight is 374 g/mol. The lowest BCUT2D eigenvalue weighted by atomic mass is 10.1. The van der Waals surface area contributed by atoms with Crippen LogP contribution in [0.3, 0.4) is 0 Å². The number of carbonyl (C=O) groups is 2. The molecule has 0 fully saturated rings. The number of fused-ring (bicyclic) bond motifs is 1. The Labute approximate surface area is 152 Å². The highest BCUT2D eigenvalue weighted by Crippen LogP contribution is 2.30. The number of nitrogens with one attached hydrogen (secondary N) is 4. The SMILES string of the molecule is Cc1[nH]c(=O)[nH]c(=O)c1CCC(=O)NNC(=O)C1COc2ccccc2O1. The van der Waals surface area contributed by atoms with E-state index < -0.39 is 29.2 Å². The Hall–Kier alpha value is -3.56. The van der Waals surface area contributed by atoms with Crippen LogP contribution < -0.4 is 31.6 Å². The number of ether oxygens (including phenoxy) is 2. The van der Waals surface area contributed by atoms with Crippen LogP contribution in [0, 0.1) is 6.92 Å². The van der Waals surface area contributed by atoms with Crippen molar-refractivity contribution in [1.82, 2.24) is 20.8 Å². The molecular formula is C17H18N4O6. The maximum atomic E-state index is 12.1. The predicted octanol–water partition coefficient (Wildman–Crippen LogP) is -0.708. The third-order valence-electron chi connectivity index (χ3n) is 3.98. The molecule has 3 rings (SSSR count). The summed E-state index contributed by atoms with van der Waals surface area (Å²) in [6, 6.07) is 6.95. The Balaban J connectivity index is 1.49. The number of para-hydroxylation sites is 2. The van der Waals surface area contributed by atoms with E-state index in [0.29, 0.717) is 22.8 Å². The molecule has 0 spiro atoms. The first-order chi connectivity index (χ1) is 12.9. The summed E-state index contributed by atoms with van der Waals surface area (Å²) in [5.41, 5.74) is 4.09. The number of H-pyrrole nitrogens is 2. The molecule has 10 nitrogen and oxygen atoms in total. The molecule has 2 amide bonds. The number of rotatable bonds is 4. The zero-order valence-electron chi connectivity index (χ0n) is 14.5. The molecule has 2 aromatic rings. The number of aryl methyl sites for hydroxylation is 1. The van der Waals surface area contributed by atoms with Crippen LogP contribution in [0.2, 0.25) is 0 Å². The molecular weight excluding hydrogens is 356 g/mol. The quantitative estimate of drug-likeness (QED) is 0.521. The summed E-state index contributed by atoms with van der Waals surface area (Å²) >= 11 is 0. The summed E-state index contributed by atoms with van der Waals surface area (Å²) in [4.78, 5) is 51.5. The van der Waals surface area contributed by atoms with Crippen molar-refractivity contribution < 1.29 is 19.1 Å². The van der Waals surface area contributed by atoms with Crippen LogP contribution in [0.1, 0.15) is 17.7 Å². The van der Waals surface area contributed by atoms with Crippen LogP contribution in [-0.4, -0.2) is 34.5 Å². The lowest BCUT2D eigenvalue weighted by molar-refractivity contribution is -0.135. The van der Waals surface area contributed by atoms with E-state index in [0.717, 1.165) is 0 Å². The highest BCUT2D eigenvalue weighted by Gasteiger charge is 2.27. The van der Waals surface area contributed by atoms with Gasteiger partial charge in [-0.2, -0.15) is 0 Å². The van der Waals surface area contributed by atoms with Crippen LogP contribution in [0.25, 0.3) is 0 Å². The summed E-state index contributed by atoms with van der Waals surface area (Å²) in [5, 5.41) is 0. The molecule has 1 aromatic heterocycles. The van der Waals surface area contributed by atoms with Crippen molar-refractivity contribution in [1.29, 1.82) is 0 Å². The van der Waals surface area contributed by atoms with E-state index in [2.05, 4.69) is 20.8 Å². The maximum Gasteiger partial charge on any atom is 0.325 e. The Morgan fingerprint density at radius 3 is 2.63 bits per heavy atom. The standard InChI is InChI=1S/C17H18N4O6/c1-9-10(15(23)19-17(25)18-9)6-7-14(22)20-21-16(24)13-8-26-11-4-2-3-5-12(11)27-13/h2-5,13H,6-8H2,1H3,(H,20,22)(H,21,24)(H2,18,19,23,25). The zero-order chi connectivity index (χ0) is 19.4. The molecule has 2 heterocycles. The summed E-state index contributed by atoms with van der Waals surface area (Å²) in [7, 11) is 0. The van der Waals surface area contributed by atoms with Gasteiger partial charge in [0.15, 0.2) is 11.5 Å². The number of hydrogen-bond acceptors (Lipinski definition) is 6. The van der Waals surface area contributed by atoms with E-state index in [1.807, 2.05) is 0 Å². The smallest absolute Gasteiger partial charge is 0.325 e. The Bertz CT molecular complexity index is 980. The summed E-state index contributed by atoms with van der Waals surface area (Å²) in [6.45, 7) is 1.59. The number of carbonyl (C=O) groups excluding carboxylic acids is 2. The largest absolute Gasteiger partial charge is 0.485 e. The van der Waals surface area contributed by atoms with Crippen molar-refractivity contribution in [3.05, 3.63) is 56.4 Å². The number of hydrazine groups is 1. The van der Waals surface area contributed by atoms with Gasteiger partial charge in [-0.15, -0.1) is 0 Å². The first kappa shape index (κ1) is 18.2. The Morgan fingerprint density at radius 2 is 1.89 bits per heavy atom. The van der Waals surface area contributed by atoms with E-state index in [4.69, 9.17) is 9.47 Å². The highest BCUT2D eigenvalue weighted by molar-refractivity contribution is 5.85. The van der Waals surface area contributed by atoms with Gasteiger partial charge in [-0.25, -0.2) is 4.79 Å². The summed E-state index contributed by atoms with van der Waals surface area (Å²) in [6.07, 6.45) is -0.846. The van der Waals surface area contributed by atoms with E-state index >= 15 is 0 Å². The normalized spacial score (nSPS) is 15.1. The fourth-order valence-corrected chi connectivity index (χ4v) is 2.59. The molecule has 10 heteroatoms. The highest BCUT2D eigenvalue weighted by atomic mass is 16.6. The van der Waals surface area contributed by atoms with E-state index in [9.17, 15) is 19.2 Å². The van der Waals surface area contributed by atoms with Gasteiger partial charge >= 0.3 is 5.69 Å². The molecule has 1 aliphatic rings. The van der Waals surface area contributed by atoms with Crippen molar-refractivity contribution in [2.24, 2.45) is 0 Å². The summed E-state index contributed by atoms with van der Waals surface area (Å²) < 4.78 is 11.0. The van der Waals surface area contributed by atoms with E-state index in [1.54, 1.807) is 31.2 Å². The van der Waals surface area contributed by atoms with Gasteiger partial charge in [-0.05, 0) is 25.5 Å². The third kappa shape index (κ3) is 4.35. The van der Waals surface area contributed by atoms with E-state index in [-0.39, 0.29) is 19.4 Å². The molecule has 1 aliphatic heterocycles. The van der Waals surface area contributed by atoms with Gasteiger partial charge in [0.2, 0.25) is 12.0 Å². The number of aromatic nitrogens is 2. The van der Waals surface area contributed by atoms with Gasteiger partial charge in [0.25, 0.3) is 11.5 Å².